The van der Waals surface area contributed by atoms with E-state index in [0.29, 0.717) is 23.7 Å². The lowest BCUT2D eigenvalue weighted by molar-refractivity contribution is -0.124. The summed E-state index contributed by atoms with van der Waals surface area (Å²) in [6, 6.07) is 10.9. The highest BCUT2D eigenvalue weighted by molar-refractivity contribution is 5.78. The first-order chi connectivity index (χ1) is 12.4. The number of carbonyl (C=O) groups excluding carboxylic acids is 1. The molecular weight excluding hydrogens is 337 g/mol. The maximum Gasteiger partial charge on any atom is 0.258 e. The number of fused-ring (bicyclic) bond motifs is 1. The highest BCUT2D eigenvalue weighted by Crippen LogP contribution is 2.41. The molecule has 26 heavy (non-hydrogen) atoms. The van der Waals surface area contributed by atoms with Gasteiger partial charge in [-0.15, -0.1) is 0 Å². The van der Waals surface area contributed by atoms with Gasteiger partial charge in [0.1, 0.15) is 28.7 Å². The summed E-state index contributed by atoms with van der Waals surface area (Å²) in [7, 11) is 1.60. The number of hydrogen-bond acceptors (Lipinski definition) is 4. The lowest BCUT2D eigenvalue weighted by Gasteiger charge is -2.38. The second-order valence-corrected chi connectivity index (χ2v) is 6.83. The number of amides is 1. The van der Waals surface area contributed by atoms with Crippen LogP contribution in [0.25, 0.3) is 0 Å². The van der Waals surface area contributed by atoms with Crippen LogP contribution in [0.4, 0.5) is 4.39 Å². The van der Waals surface area contributed by atoms with Crippen molar-refractivity contribution in [1.82, 2.24) is 5.32 Å². The number of halogens is 1. The Morgan fingerprint density at radius 3 is 2.62 bits per heavy atom. The van der Waals surface area contributed by atoms with E-state index >= 15 is 0 Å². The summed E-state index contributed by atoms with van der Waals surface area (Å²) in [5.41, 5.74) is 0.482. The van der Waals surface area contributed by atoms with E-state index in [-0.39, 0.29) is 24.4 Å². The number of nitrogens with one attached hydrogen (secondary N) is 1. The van der Waals surface area contributed by atoms with Gasteiger partial charge in [0, 0.05) is 18.1 Å². The van der Waals surface area contributed by atoms with E-state index in [9.17, 15) is 9.18 Å². The predicted octanol–water partition coefficient (Wildman–Crippen LogP) is 3.63. The molecular formula is C20H22FNO4. The number of rotatable bonds is 5. The summed E-state index contributed by atoms with van der Waals surface area (Å²) in [5, 5.41) is 2.99. The smallest absolute Gasteiger partial charge is 0.258 e. The second kappa shape index (κ2) is 7.23. The molecule has 6 heteroatoms. The Balaban J connectivity index is 1.68. The molecule has 0 saturated heterocycles. The van der Waals surface area contributed by atoms with Crippen LogP contribution in [0.5, 0.6) is 17.2 Å². The molecule has 1 aliphatic heterocycles. The molecule has 0 fully saturated rings. The Kier molecular flexibility index (Phi) is 5.02. The van der Waals surface area contributed by atoms with E-state index in [0.717, 1.165) is 5.56 Å². The minimum atomic E-state index is -0.422. The number of carbonyl (C=O) groups is 1. The van der Waals surface area contributed by atoms with Gasteiger partial charge in [0.25, 0.3) is 5.91 Å². The number of methoxy groups -OCH3 is 1. The molecule has 1 amide bonds. The van der Waals surface area contributed by atoms with Crippen molar-refractivity contribution >= 4 is 5.91 Å². The van der Waals surface area contributed by atoms with Gasteiger partial charge in [-0.05, 0) is 50.2 Å². The molecule has 0 bridgehead atoms. The van der Waals surface area contributed by atoms with Crippen LogP contribution in [0, 0.1) is 5.82 Å². The number of hydrogen-bond donors (Lipinski definition) is 1. The van der Waals surface area contributed by atoms with Crippen molar-refractivity contribution in [1.29, 1.82) is 0 Å². The Hall–Kier alpha value is -2.76. The number of ether oxygens (including phenoxy) is 3. The molecule has 0 aromatic heterocycles. The van der Waals surface area contributed by atoms with Crippen molar-refractivity contribution in [2.24, 2.45) is 0 Å². The minimum absolute atomic E-state index is 0.144. The number of benzene rings is 2. The SMILES string of the molecule is COc1ccc2c(c1)OC(C)(C)C[C@@H]2NC(=O)COc1ccc(F)cc1. The van der Waals surface area contributed by atoms with E-state index in [1.165, 1.54) is 24.3 Å². The summed E-state index contributed by atoms with van der Waals surface area (Å²) in [6.45, 7) is 3.81. The van der Waals surface area contributed by atoms with Crippen LogP contribution in [0.15, 0.2) is 42.5 Å². The van der Waals surface area contributed by atoms with Crippen molar-refractivity contribution in [3.63, 3.8) is 0 Å². The third-order valence-corrected chi connectivity index (χ3v) is 4.20. The highest BCUT2D eigenvalue weighted by atomic mass is 19.1. The minimum Gasteiger partial charge on any atom is -0.497 e. The maximum atomic E-state index is 12.9. The van der Waals surface area contributed by atoms with Crippen LogP contribution in [0.1, 0.15) is 31.9 Å². The molecule has 0 radical (unpaired) electrons. The monoisotopic (exact) mass is 359 g/mol. The summed E-state index contributed by atoms with van der Waals surface area (Å²) < 4.78 is 29.6. The van der Waals surface area contributed by atoms with Crippen LogP contribution in [-0.2, 0) is 4.79 Å². The van der Waals surface area contributed by atoms with Crippen LogP contribution < -0.4 is 19.5 Å². The Morgan fingerprint density at radius 1 is 1.23 bits per heavy atom. The first-order valence-corrected chi connectivity index (χ1v) is 8.41. The predicted molar refractivity (Wildman–Crippen MR) is 95.1 cm³/mol. The van der Waals surface area contributed by atoms with Gasteiger partial charge in [0.15, 0.2) is 6.61 Å². The van der Waals surface area contributed by atoms with Gasteiger partial charge < -0.3 is 19.5 Å². The molecule has 2 aromatic carbocycles. The second-order valence-electron chi connectivity index (χ2n) is 6.83. The van der Waals surface area contributed by atoms with Crippen LogP contribution in [0.2, 0.25) is 0 Å². The summed E-state index contributed by atoms with van der Waals surface area (Å²) in [4.78, 5) is 12.3. The van der Waals surface area contributed by atoms with Crippen molar-refractivity contribution in [3.8, 4) is 17.2 Å². The lowest BCUT2D eigenvalue weighted by atomic mass is 9.89. The normalized spacial score (nSPS) is 17.6. The van der Waals surface area contributed by atoms with Crippen LogP contribution >= 0.6 is 0 Å². The fourth-order valence-corrected chi connectivity index (χ4v) is 3.00. The molecule has 0 spiro atoms. The Bertz CT molecular complexity index is 789. The summed E-state index contributed by atoms with van der Waals surface area (Å²) in [5.74, 6) is 1.24. The summed E-state index contributed by atoms with van der Waals surface area (Å²) >= 11 is 0. The third kappa shape index (κ3) is 4.25. The topological polar surface area (TPSA) is 56.8 Å². The Morgan fingerprint density at radius 2 is 1.92 bits per heavy atom. The van der Waals surface area contributed by atoms with Crippen molar-refractivity contribution < 1.29 is 23.4 Å². The van der Waals surface area contributed by atoms with Gasteiger partial charge in [-0.25, -0.2) is 4.39 Å². The van der Waals surface area contributed by atoms with E-state index in [1.807, 2.05) is 32.0 Å². The van der Waals surface area contributed by atoms with E-state index in [4.69, 9.17) is 14.2 Å². The molecule has 0 unspecified atom stereocenters. The van der Waals surface area contributed by atoms with Gasteiger partial charge in [-0.2, -0.15) is 0 Å². The van der Waals surface area contributed by atoms with E-state index in [2.05, 4.69) is 5.32 Å². The average molecular weight is 359 g/mol. The van der Waals surface area contributed by atoms with Crippen LogP contribution in [-0.4, -0.2) is 25.2 Å². The van der Waals surface area contributed by atoms with Crippen molar-refractivity contribution in [2.45, 2.75) is 31.9 Å². The summed E-state index contributed by atoms with van der Waals surface area (Å²) in [6.07, 6.45) is 0.634. The van der Waals surface area contributed by atoms with Gasteiger partial charge in [0.2, 0.25) is 0 Å². The molecule has 1 N–H and O–H groups in total. The zero-order valence-corrected chi connectivity index (χ0v) is 15.0. The van der Waals surface area contributed by atoms with E-state index in [1.54, 1.807) is 7.11 Å². The molecule has 1 heterocycles. The van der Waals surface area contributed by atoms with Crippen molar-refractivity contribution in [3.05, 3.63) is 53.8 Å². The standard InChI is InChI=1S/C20H22FNO4/c1-20(2)11-17(16-9-8-15(24-3)10-18(16)26-20)22-19(23)12-25-14-6-4-13(21)5-7-14/h4-10,17H,11-12H2,1-3H3,(H,22,23)/t17-/m0/s1. The van der Waals surface area contributed by atoms with Gasteiger partial charge in [0.05, 0.1) is 13.2 Å². The largest absolute Gasteiger partial charge is 0.497 e. The molecule has 138 valence electrons. The zero-order chi connectivity index (χ0) is 18.7. The molecule has 2 aromatic rings. The van der Waals surface area contributed by atoms with Crippen LogP contribution in [0.3, 0.4) is 0 Å². The molecule has 1 atom stereocenters. The molecule has 1 aliphatic rings. The Labute approximate surface area is 152 Å². The highest BCUT2D eigenvalue weighted by Gasteiger charge is 2.34. The average Bonchev–Trinajstić information content (AvgIpc) is 2.59. The third-order valence-electron chi connectivity index (χ3n) is 4.20. The molecule has 5 nitrogen and oxygen atoms in total. The lowest BCUT2D eigenvalue weighted by Crippen LogP contribution is -2.42. The van der Waals surface area contributed by atoms with Gasteiger partial charge in [-0.3, -0.25) is 4.79 Å². The maximum absolute atomic E-state index is 12.9. The zero-order valence-electron chi connectivity index (χ0n) is 15.0. The quantitative estimate of drug-likeness (QED) is 0.886. The van der Waals surface area contributed by atoms with Crippen molar-refractivity contribution in [2.75, 3.05) is 13.7 Å². The fourth-order valence-electron chi connectivity index (χ4n) is 3.00. The van der Waals surface area contributed by atoms with E-state index < -0.39 is 5.60 Å². The fraction of sp³-hybridized carbons (Fsp3) is 0.350. The molecule has 0 saturated carbocycles. The van der Waals surface area contributed by atoms with Gasteiger partial charge in [-0.1, -0.05) is 0 Å². The molecule has 0 aliphatic carbocycles. The first kappa shape index (κ1) is 18.0. The first-order valence-electron chi connectivity index (χ1n) is 8.41. The molecule has 3 rings (SSSR count). The van der Waals surface area contributed by atoms with Gasteiger partial charge >= 0.3 is 0 Å².